The largest absolute Gasteiger partial charge is 0.483 e. The van der Waals surface area contributed by atoms with Crippen LogP contribution in [0.25, 0.3) is 0 Å². The summed E-state index contributed by atoms with van der Waals surface area (Å²) in [6, 6.07) is 9.17. The standard InChI is InChI=1S/C16H17ClN2O2.CH2O2/c1-10-12(17)7-8-13-15(16(21)19(10)13)18-14(20)9-11-5-3-2-4-6-11;2-1-3/h2-6,13,15H,7-9H2,1H3,(H,18,20);1H,(H,2,3). The highest BCUT2D eigenvalue weighted by molar-refractivity contribution is 6.30. The molecule has 2 unspecified atom stereocenters. The van der Waals surface area contributed by atoms with Crippen molar-refractivity contribution in [2.24, 2.45) is 0 Å². The van der Waals surface area contributed by atoms with Gasteiger partial charge in [0.1, 0.15) is 6.04 Å². The molecule has 2 heterocycles. The van der Waals surface area contributed by atoms with Crippen LogP contribution >= 0.6 is 11.6 Å². The van der Waals surface area contributed by atoms with Gasteiger partial charge in [0.15, 0.2) is 0 Å². The summed E-state index contributed by atoms with van der Waals surface area (Å²) in [4.78, 5) is 34.3. The van der Waals surface area contributed by atoms with Crippen molar-refractivity contribution in [3.8, 4) is 0 Å². The topological polar surface area (TPSA) is 86.7 Å². The van der Waals surface area contributed by atoms with E-state index in [9.17, 15) is 9.59 Å². The first-order valence-corrected chi connectivity index (χ1v) is 7.96. The minimum absolute atomic E-state index is 0.0553. The third kappa shape index (κ3) is 3.76. The predicted molar refractivity (Wildman–Crippen MR) is 89.2 cm³/mol. The molecule has 1 fully saturated rings. The van der Waals surface area contributed by atoms with Gasteiger partial charge in [0.05, 0.1) is 12.5 Å². The Bertz CT molecular complexity index is 660. The second kappa shape index (κ2) is 7.97. The Kier molecular flexibility index (Phi) is 5.98. The van der Waals surface area contributed by atoms with Crippen molar-refractivity contribution < 1.29 is 19.5 Å². The van der Waals surface area contributed by atoms with Gasteiger partial charge in [-0.1, -0.05) is 41.9 Å². The second-order valence-corrected chi connectivity index (χ2v) is 6.07. The molecule has 6 nitrogen and oxygen atoms in total. The van der Waals surface area contributed by atoms with Crippen LogP contribution in [0, 0.1) is 0 Å². The maximum absolute atomic E-state index is 12.2. The summed E-state index contributed by atoms with van der Waals surface area (Å²) in [5.41, 5.74) is 1.77. The lowest BCUT2D eigenvalue weighted by Crippen LogP contribution is -2.70. The summed E-state index contributed by atoms with van der Waals surface area (Å²) >= 11 is 6.09. The number of nitrogens with one attached hydrogen (secondary N) is 1. The second-order valence-electron chi connectivity index (χ2n) is 5.62. The lowest BCUT2D eigenvalue weighted by atomic mass is 9.86. The quantitative estimate of drug-likeness (QED) is 0.643. The van der Waals surface area contributed by atoms with Gasteiger partial charge in [-0.2, -0.15) is 0 Å². The van der Waals surface area contributed by atoms with Crippen molar-refractivity contribution in [3.05, 3.63) is 46.6 Å². The van der Waals surface area contributed by atoms with Crippen LogP contribution in [0.2, 0.25) is 0 Å². The monoisotopic (exact) mass is 350 g/mol. The first kappa shape index (κ1) is 18.0. The minimum Gasteiger partial charge on any atom is -0.483 e. The maximum Gasteiger partial charge on any atom is 0.290 e. The van der Waals surface area contributed by atoms with E-state index in [0.29, 0.717) is 6.42 Å². The van der Waals surface area contributed by atoms with Gasteiger partial charge in [-0.3, -0.25) is 14.4 Å². The number of halogens is 1. The molecule has 2 aliphatic rings. The molecule has 0 radical (unpaired) electrons. The zero-order valence-corrected chi connectivity index (χ0v) is 14.0. The smallest absolute Gasteiger partial charge is 0.290 e. The van der Waals surface area contributed by atoms with Crippen molar-refractivity contribution in [1.82, 2.24) is 10.2 Å². The minimum atomic E-state index is -0.402. The molecular formula is C17H19ClN2O4. The third-order valence-corrected chi connectivity index (χ3v) is 4.62. The van der Waals surface area contributed by atoms with Crippen LogP contribution in [0.3, 0.4) is 0 Å². The van der Waals surface area contributed by atoms with E-state index in [-0.39, 0.29) is 24.3 Å². The summed E-state index contributed by atoms with van der Waals surface area (Å²) in [6.45, 7) is 1.61. The molecule has 0 bridgehead atoms. The van der Waals surface area contributed by atoms with Crippen molar-refractivity contribution in [2.75, 3.05) is 0 Å². The van der Waals surface area contributed by atoms with Crippen LogP contribution in [-0.4, -0.2) is 40.4 Å². The number of allylic oxidation sites excluding steroid dienone is 2. The fourth-order valence-corrected chi connectivity index (χ4v) is 3.20. The lowest BCUT2D eigenvalue weighted by Gasteiger charge is -2.50. The molecule has 3 rings (SSSR count). The zero-order chi connectivity index (χ0) is 17.7. The van der Waals surface area contributed by atoms with Crippen molar-refractivity contribution in [2.45, 2.75) is 38.3 Å². The number of carboxylic acid groups (broad SMARTS) is 1. The molecule has 2 N–H and O–H groups in total. The summed E-state index contributed by atoms with van der Waals surface area (Å²) in [5, 5.41) is 10.5. The Morgan fingerprint density at radius 3 is 2.67 bits per heavy atom. The number of amides is 2. The van der Waals surface area contributed by atoms with E-state index in [1.54, 1.807) is 4.90 Å². The van der Waals surface area contributed by atoms with Crippen molar-refractivity contribution in [1.29, 1.82) is 0 Å². The van der Waals surface area contributed by atoms with Crippen molar-refractivity contribution in [3.63, 3.8) is 0 Å². The van der Waals surface area contributed by atoms with Gasteiger partial charge in [0.25, 0.3) is 12.4 Å². The average Bonchev–Trinajstić information content (AvgIpc) is 2.56. The SMILES string of the molecule is CC1=C(Cl)CCC2C(NC(=O)Cc3ccccc3)C(=O)N12.O=CO. The normalized spacial score (nSPS) is 21.9. The number of rotatable bonds is 3. The Labute approximate surface area is 145 Å². The number of carbonyl (C=O) groups excluding carboxylic acids is 2. The number of hydrogen-bond donors (Lipinski definition) is 2. The molecule has 2 amide bonds. The predicted octanol–water partition coefficient (Wildman–Crippen LogP) is 1.89. The molecule has 128 valence electrons. The van der Waals surface area contributed by atoms with Gasteiger partial charge in [-0.05, 0) is 25.3 Å². The maximum atomic E-state index is 12.2. The van der Waals surface area contributed by atoms with Crippen LogP contribution < -0.4 is 5.32 Å². The Balaban J connectivity index is 0.000000647. The van der Waals surface area contributed by atoms with Crippen LogP contribution in [0.15, 0.2) is 41.1 Å². The number of benzene rings is 1. The molecule has 2 atom stereocenters. The highest BCUT2D eigenvalue weighted by atomic mass is 35.5. The highest BCUT2D eigenvalue weighted by Gasteiger charge is 2.50. The Hall–Kier alpha value is -2.34. The van der Waals surface area contributed by atoms with E-state index in [1.807, 2.05) is 37.3 Å². The molecule has 1 saturated heterocycles. The molecule has 7 heteroatoms. The van der Waals surface area contributed by atoms with Crippen LogP contribution in [0.4, 0.5) is 0 Å². The molecule has 2 aliphatic heterocycles. The fraction of sp³-hybridized carbons (Fsp3) is 0.353. The molecule has 1 aromatic carbocycles. The summed E-state index contributed by atoms with van der Waals surface area (Å²) in [5.74, 6) is -0.172. The van der Waals surface area contributed by atoms with Gasteiger partial charge in [-0.25, -0.2) is 0 Å². The van der Waals surface area contributed by atoms with E-state index < -0.39 is 6.04 Å². The third-order valence-electron chi connectivity index (χ3n) is 4.16. The number of nitrogens with zero attached hydrogens (tertiary/aromatic N) is 1. The molecule has 0 spiro atoms. The molecule has 0 aromatic heterocycles. The number of fused-ring (bicyclic) bond motifs is 1. The molecule has 0 aliphatic carbocycles. The Morgan fingerprint density at radius 2 is 2.04 bits per heavy atom. The van der Waals surface area contributed by atoms with E-state index in [4.69, 9.17) is 21.5 Å². The van der Waals surface area contributed by atoms with Gasteiger partial charge in [-0.15, -0.1) is 0 Å². The Morgan fingerprint density at radius 1 is 1.42 bits per heavy atom. The van der Waals surface area contributed by atoms with E-state index in [1.165, 1.54) is 0 Å². The van der Waals surface area contributed by atoms with E-state index in [0.717, 1.165) is 29.1 Å². The lowest BCUT2D eigenvalue weighted by molar-refractivity contribution is -0.151. The van der Waals surface area contributed by atoms with Crippen LogP contribution in [0.1, 0.15) is 25.3 Å². The van der Waals surface area contributed by atoms with Gasteiger partial charge >= 0.3 is 0 Å². The molecule has 1 aromatic rings. The van der Waals surface area contributed by atoms with E-state index >= 15 is 0 Å². The first-order valence-electron chi connectivity index (χ1n) is 7.59. The average molecular weight is 351 g/mol. The number of β-lactam (4-membered cyclic amide) rings is 1. The van der Waals surface area contributed by atoms with Gasteiger partial charge in [0, 0.05) is 10.7 Å². The van der Waals surface area contributed by atoms with Crippen molar-refractivity contribution >= 4 is 29.9 Å². The van der Waals surface area contributed by atoms with Gasteiger partial charge < -0.3 is 15.3 Å². The van der Waals surface area contributed by atoms with Crippen LogP contribution in [-0.2, 0) is 20.8 Å². The highest BCUT2D eigenvalue weighted by Crippen LogP contribution is 2.37. The first-order chi connectivity index (χ1) is 11.5. The van der Waals surface area contributed by atoms with Gasteiger partial charge in [0.2, 0.25) is 5.91 Å². The molecule has 24 heavy (non-hydrogen) atoms. The van der Waals surface area contributed by atoms with E-state index in [2.05, 4.69) is 5.32 Å². The summed E-state index contributed by atoms with van der Waals surface area (Å²) in [7, 11) is 0. The molecule has 0 saturated carbocycles. The zero-order valence-electron chi connectivity index (χ0n) is 13.2. The van der Waals surface area contributed by atoms with Crippen LogP contribution in [0.5, 0.6) is 0 Å². The summed E-state index contributed by atoms with van der Waals surface area (Å²) < 4.78 is 0. The fourth-order valence-electron chi connectivity index (χ4n) is 3.00. The number of hydrogen-bond acceptors (Lipinski definition) is 3. The number of carbonyl (C=O) groups is 3. The summed E-state index contributed by atoms with van der Waals surface area (Å²) in [6.07, 6.45) is 1.87. The molecular weight excluding hydrogens is 332 g/mol.